The monoisotopic (exact) mass is 315 g/mol. The summed E-state index contributed by atoms with van der Waals surface area (Å²) in [6.45, 7) is 4.14. The van der Waals surface area contributed by atoms with E-state index in [9.17, 15) is 15.0 Å². The van der Waals surface area contributed by atoms with Crippen LogP contribution in [0.4, 0.5) is 0 Å². The van der Waals surface area contributed by atoms with Crippen LogP contribution in [0.25, 0.3) is 0 Å². The van der Waals surface area contributed by atoms with Crippen molar-refractivity contribution in [3.8, 4) is 0 Å². The molecule has 0 bridgehead atoms. The first kappa shape index (κ1) is 21.4. The topological polar surface area (TPSA) is 69.6 Å². The lowest BCUT2D eigenvalue weighted by Crippen LogP contribution is -2.45. The number of nitrogens with one attached hydrogen (secondary N) is 1. The first-order valence-corrected chi connectivity index (χ1v) is 9.23. The highest BCUT2D eigenvalue weighted by Crippen LogP contribution is 2.10. The van der Waals surface area contributed by atoms with Crippen molar-refractivity contribution in [2.75, 3.05) is 6.61 Å². The van der Waals surface area contributed by atoms with Crippen LogP contribution in [0.2, 0.25) is 0 Å². The van der Waals surface area contributed by atoms with E-state index in [1.165, 1.54) is 32.1 Å². The summed E-state index contributed by atoms with van der Waals surface area (Å²) in [6.07, 6.45) is 11.8. The number of aliphatic hydroxyl groups is 2. The van der Waals surface area contributed by atoms with Crippen LogP contribution in [0.3, 0.4) is 0 Å². The van der Waals surface area contributed by atoms with Crippen molar-refractivity contribution in [2.45, 2.75) is 103 Å². The minimum Gasteiger partial charge on any atom is -0.394 e. The number of hydrogen-bond donors (Lipinski definition) is 3. The van der Waals surface area contributed by atoms with Gasteiger partial charge in [0.05, 0.1) is 18.8 Å². The van der Waals surface area contributed by atoms with Crippen LogP contribution in [-0.2, 0) is 4.79 Å². The summed E-state index contributed by atoms with van der Waals surface area (Å²) >= 11 is 0. The molecule has 4 heteroatoms. The zero-order valence-electron chi connectivity index (χ0n) is 14.6. The molecule has 2 unspecified atom stereocenters. The second-order valence-electron chi connectivity index (χ2n) is 6.29. The van der Waals surface area contributed by atoms with Gasteiger partial charge in [-0.15, -0.1) is 0 Å². The molecule has 0 radical (unpaired) electrons. The molecule has 0 aliphatic rings. The van der Waals surface area contributed by atoms with Gasteiger partial charge in [0.15, 0.2) is 0 Å². The molecule has 0 aromatic heterocycles. The fraction of sp³-hybridized carbons (Fsp3) is 0.944. The van der Waals surface area contributed by atoms with E-state index in [4.69, 9.17) is 0 Å². The van der Waals surface area contributed by atoms with Crippen LogP contribution in [0.5, 0.6) is 0 Å². The van der Waals surface area contributed by atoms with E-state index in [-0.39, 0.29) is 12.5 Å². The van der Waals surface area contributed by atoms with Crippen LogP contribution >= 0.6 is 0 Å². The lowest BCUT2D eigenvalue weighted by molar-refractivity contribution is -0.123. The standard InChI is InChI=1S/C18H37NO3/c1-3-5-7-9-10-12-14-18(22)19-16(15-20)17(21)13-11-8-6-4-2/h16-17,20-21H,3-15H2,1-2H3,(H,19,22). The maximum atomic E-state index is 11.8. The maximum absolute atomic E-state index is 11.8. The van der Waals surface area contributed by atoms with Gasteiger partial charge in [0.1, 0.15) is 0 Å². The van der Waals surface area contributed by atoms with E-state index in [0.29, 0.717) is 12.8 Å². The van der Waals surface area contributed by atoms with Gasteiger partial charge in [0.25, 0.3) is 0 Å². The molecule has 0 heterocycles. The Bertz CT molecular complexity index is 259. The normalized spacial score (nSPS) is 13.8. The van der Waals surface area contributed by atoms with Crippen molar-refractivity contribution in [2.24, 2.45) is 0 Å². The molecule has 0 aromatic rings. The molecule has 22 heavy (non-hydrogen) atoms. The number of carbonyl (C=O) groups is 1. The minimum atomic E-state index is -0.643. The van der Waals surface area contributed by atoms with Gasteiger partial charge in [0, 0.05) is 6.42 Å². The molecular weight excluding hydrogens is 278 g/mol. The highest BCUT2D eigenvalue weighted by molar-refractivity contribution is 5.76. The van der Waals surface area contributed by atoms with E-state index in [2.05, 4.69) is 19.2 Å². The summed E-state index contributed by atoms with van der Waals surface area (Å²) < 4.78 is 0. The van der Waals surface area contributed by atoms with Gasteiger partial charge in [-0.25, -0.2) is 0 Å². The summed E-state index contributed by atoms with van der Waals surface area (Å²) in [5.41, 5.74) is 0. The summed E-state index contributed by atoms with van der Waals surface area (Å²) in [5.74, 6) is -0.0536. The van der Waals surface area contributed by atoms with E-state index in [0.717, 1.165) is 32.1 Å². The Hall–Kier alpha value is -0.610. The molecule has 1 amide bonds. The first-order chi connectivity index (χ1) is 10.7. The van der Waals surface area contributed by atoms with Gasteiger partial charge in [-0.2, -0.15) is 0 Å². The number of amides is 1. The van der Waals surface area contributed by atoms with E-state index in [1.54, 1.807) is 0 Å². The number of carbonyl (C=O) groups excluding carboxylic acids is 1. The zero-order valence-corrected chi connectivity index (χ0v) is 14.6. The zero-order chi connectivity index (χ0) is 16.6. The Morgan fingerprint density at radius 1 is 0.909 bits per heavy atom. The van der Waals surface area contributed by atoms with Gasteiger partial charge >= 0.3 is 0 Å². The lowest BCUT2D eigenvalue weighted by Gasteiger charge is -2.22. The van der Waals surface area contributed by atoms with Crippen LogP contribution < -0.4 is 5.32 Å². The number of rotatable bonds is 15. The highest BCUT2D eigenvalue weighted by atomic mass is 16.3. The van der Waals surface area contributed by atoms with Crippen molar-refractivity contribution in [1.29, 1.82) is 0 Å². The third kappa shape index (κ3) is 12.0. The molecule has 0 spiro atoms. The molecule has 0 fully saturated rings. The van der Waals surface area contributed by atoms with Crippen molar-refractivity contribution in [3.05, 3.63) is 0 Å². The summed E-state index contributed by atoms with van der Waals surface area (Å²) in [5, 5.41) is 22.2. The second kappa shape index (κ2) is 15.3. The highest BCUT2D eigenvalue weighted by Gasteiger charge is 2.19. The van der Waals surface area contributed by atoms with Crippen molar-refractivity contribution >= 4 is 5.91 Å². The van der Waals surface area contributed by atoms with Crippen LogP contribution in [0, 0.1) is 0 Å². The van der Waals surface area contributed by atoms with Gasteiger partial charge < -0.3 is 15.5 Å². The SMILES string of the molecule is CCCCCCCCC(=O)NC(CO)C(O)CCCCCC. The number of hydrogen-bond acceptors (Lipinski definition) is 3. The predicted octanol–water partition coefficient (Wildman–Crippen LogP) is 3.55. The van der Waals surface area contributed by atoms with E-state index in [1.807, 2.05) is 0 Å². The molecule has 0 aromatic carbocycles. The molecule has 0 aliphatic carbocycles. The Morgan fingerprint density at radius 2 is 1.45 bits per heavy atom. The average molecular weight is 315 g/mol. The van der Waals surface area contributed by atoms with Gasteiger partial charge in [-0.1, -0.05) is 71.6 Å². The molecule has 0 rings (SSSR count). The smallest absolute Gasteiger partial charge is 0.220 e. The third-order valence-electron chi connectivity index (χ3n) is 4.12. The molecule has 0 saturated carbocycles. The molecule has 0 aliphatic heterocycles. The summed E-state index contributed by atoms with van der Waals surface area (Å²) in [6, 6.07) is -0.519. The minimum absolute atomic E-state index is 0.0536. The Kier molecular flexibility index (Phi) is 14.9. The molecule has 4 nitrogen and oxygen atoms in total. The van der Waals surface area contributed by atoms with Gasteiger partial charge in [-0.3, -0.25) is 4.79 Å². The number of unbranched alkanes of at least 4 members (excludes halogenated alkanes) is 8. The fourth-order valence-corrected chi connectivity index (χ4v) is 2.59. The van der Waals surface area contributed by atoms with Crippen molar-refractivity contribution in [3.63, 3.8) is 0 Å². The average Bonchev–Trinajstić information content (AvgIpc) is 2.52. The largest absolute Gasteiger partial charge is 0.394 e. The van der Waals surface area contributed by atoms with Crippen LogP contribution in [0.15, 0.2) is 0 Å². The predicted molar refractivity (Wildman–Crippen MR) is 91.8 cm³/mol. The molecule has 2 atom stereocenters. The fourth-order valence-electron chi connectivity index (χ4n) is 2.59. The van der Waals surface area contributed by atoms with Gasteiger partial charge in [-0.05, 0) is 12.8 Å². The van der Waals surface area contributed by atoms with E-state index >= 15 is 0 Å². The quantitative estimate of drug-likeness (QED) is 0.405. The van der Waals surface area contributed by atoms with Crippen LogP contribution in [0.1, 0.15) is 90.9 Å². The van der Waals surface area contributed by atoms with Crippen LogP contribution in [-0.4, -0.2) is 34.9 Å². The Balaban J connectivity index is 3.77. The molecule has 132 valence electrons. The maximum Gasteiger partial charge on any atom is 0.220 e. The van der Waals surface area contributed by atoms with Gasteiger partial charge in [0.2, 0.25) is 5.91 Å². The van der Waals surface area contributed by atoms with Crippen molar-refractivity contribution < 1.29 is 15.0 Å². The number of aliphatic hydroxyl groups excluding tert-OH is 2. The third-order valence-corrected chi connectivity index (χ3v) is 4.12. The van der Waals surface area contributed by atoms with E-state index < -0.39 is 12.1 Å². The Morgan fingerprint density at radius 3 is 2.05 bits per heavy atom. The first-order valence-electron chi connectivity index (χ1n) is 9.23. The Labute approximate surface area is 136 Å². The lowest BCUT2D eigenvalue weighted by atomic mass is 10.0. The summed E-state index contributed by atoms with van der Waals surface area (Å²) in [4.78, 5) is 11.8. The molecule has 3 N–H and O–H groups in total. The second-order valence-corrected chi connectivity index (χ2v) is 6.29. The molecular formula is C18H37NO3. The van der Waals surface area contributed by atoms with Crippen molar-refractivity contribution in [1.82, 2.24) is 5.32 Å². The summed E-state index contributed by atoms with van der Waals surface area (Å²) in [7, 11) is 0. The molecule has 0 saturated heterocycles.